The predicted molar refractivity (Wildman–Crippen MR) is 55.7 cm³/mol. The molecule has 1 heterocycles. The number of rotatable bonds is 2. The summed E-state index contributed by atoms with van der Waals surface area (Å²) in [7, 11) is 0. The number of hydrogen-bond acceptors (Lipinski definition) is 4. The van der Waals surface area contributed by atoms with Crippen molar-refractivity contribution in [2.45, 2.75) is 0 Å². The van der Waals surface area contributed by atoms with Crippen LogP contribution >= 0.6 is 0 Å². The van der Waals surface area contributed by atoms with Crippen LogP contribution in [0.1, 0.15) is 20.7 Å². The molecule has 0 atom stereocenters. The van der Waals surface area contributed by atoms with Crippen molar-refractivity contribution in [1.29, 1.82) is 0 Å². The summed E-state index contributed by atoms with van der Waals surface area (Å²) in [5, 5.41) is 0.521. The van der Waals surface area contributed by atoms with Gasteiger partial charge in [-0.3, -0.25) is 9.59 Å². The lowest BCUT2D eigenvalue weighted by Crippen LogP contribution is -2.33. The van der Waals surface area contributed by atoms with Crippen molar-refractivity contribution in [3.63, 3.8) is 0 Å². The van der Waals surface area contributed by atoms with Crippen molar-refractivity contribution in [2.75, 3.05) is 0 Å². The molecule has 5 heteroatoms. The molecule has 0 fully saturated rings. The number of benzene rings is 1. The molecule has 5 nitrogen and oxygen atoms in total. The minimum Gasteiger partial charge on any atom is -0.329 e. The van der Waals surface area contributed by atoms with E-state index in [9.17, 15) is 14.4 Å². The molecule has 1 aliphatic carbocycles. The largest absolute Gasteiger partial charge is 0.343 e. The second-order valence-electron chi connectivity index (χ2n) is 3.77. The van der Waals surface area contributed by atoms with Gasteiger partial charge in [0.05, 0.1) is 17.0 Å². The molecule has 17 heavy (non-hydrogen) atoms. The molecule has 1 aromatic carbocycles. The maximum Gasteiger partial charge on any atom is 0.343 e. The topological polar surface area (TPSA) is 63.7 Å². The lowest BCUT2D eigenvalue weighted by Gasteiger charge is -2.11. The van der Waals surface area contributed by atoms with Crippen molar-refractivity contribution in [3.8, 4) is 0 Å². The first-order chi connectivity index (χ1) is 8.18. The Morgan fingerprint density at radius 3 is 2.06 bits per heavy atom. The van der Waals surface area contributed by atoms with Crippen LogP contribution < -0.4 is 0 Å². The molecule has 0 saturated carbocycles. The molecular formula is C12H7NO4. The maximum absolute atomic E-state index is 11.8. The molecule has 84 valence electrons. The fourth-order valence-electron chi connectivity index (χ4n) is 1.61. The van der Waals surface area contributed by atoms with E-state index in [1.165, 1.54) is 12.1 Å². The summed E-state index contributed by atoms with van der Waals surface area (Å²) < 4.78 is 0. The molecule has 1 aliphatic heterocycles. The molecule has 0 N–H and O–H groups in total. The Kier molecular flexibility index (Phi) is 1.89. The standard InChI is InChI=1S/C12H7NO4/c14-10-8-3-1-2-4-9(8)11(15)13(10)17-12(16)7-5-6-7/h1-7H. The number of hydroxylamine groups is 2. The molecule has 0 aromatic heterocycles. The number of hydrogen-bond donors (Lipinski definition) is 0. The SMILES string of the molecule is O=C(ON1C(=O)c2ccccc2C1=O)C1C=C1. The average Bonchev–Trinajstić information content (AvgIpc) is 3.15. The van der Waals surface area contributed by atoms with Gasteiger partial charge in [0.2, 0.25) is 0 Å². The third-order valence-corrected chi connectivity index (χ3v) is 2.60. The average molecular weight is 229 g/mol. The zero-order valence-corrected chi connectivity index (χ0v) is 8.62. The number of carbonyl (C=O) groups is 3. The second-order valence-corrected chi connectivity index (χ2v) is 3.77. The molecule has 2 amide bonds. The molecule has 0 radical (unpaired) electrons. The zero-order chi connectivity index (χ0) is 12.0. The summed E-state index contributed by atoms with van der Waals surface area (Å²) in [6.07, 6.45) is 3.25. The highest BCUT2D eigenvalue weighted by Gasteiger charge is 2.40. The van der Waals surface area contributed by atoms with E-state index in [-0.39, 0.29) is 11.1 Å². The Hall–Kier alpha value is -2.43. The monoisotopic (exact) mass is 229 g/mol. The molecule has 0 unspecified atom stereocenters. The van der Waals surface area contributed by atoms with E-state index in [4.69, 9.17) is 4.84 Å². The highest BCUT2D eigenvalue weighted by molar-refractivity contribution is 6.20. The van der Waals surface area contributed by atoms with Crippen LogP contribution in [-0.4, -0.2) is 22.8 Å². The van der Waals surface area contributed by atoms with Crippen LogP contribution in [0.25, 0.3) is 0 Å². The summed E-state index contributed by atoms with van der Waals surface area (Å²) in [5.41, 5.74) is 0.517. The van der Waals surface area contributed by atoms with Crippen LogP contribution in [0.15, 0.2) is 36.4 Å². The van der Waals surface area contributed by atoms with Gasteiger partial charge in [-0.05, 0) is 12.1 Å². The quantitative estimate of drug-likeness (QED) is 0.559. The van der Waals surface area contributed by atoms with Gasteiger partial charge in [0.1, 0.15) is 0 Å². The summed E-state index contributed by atoms with van der Waals surface area (Å²) in [5.74, 6) is -2.21. The minimum atomic E-state index is -0.612. The fourth-order valence-corrected chi connectivity index (χ4v) is 1.61. The van der Waals surface area contributed by atoms with E-state index < -0.39 is 23.7 Å². The highest BCUT2D eigenvalue weighted by atomic mass is 16.7. The van der Waals surface area contributed by atoms with Gasteiger partial charge >= 0.3 is 5.97 Å². The normalized spacial score (nSPS) is 17.3. The number of imide groups is 1. The van der Waals surface area contributed by atoms with Crippen LogP contribution in [0, 0.1) is 5.92 Å². The van der Waals surface area contributed by atoms with Gasteiger partial charge in [0, 0.05) is 0 Å². The third-order valence-electron chi connectivity index (χ3n) is 2.60. The van der Waals surface area contributed by atoms with E-state index in [2.05, 4.69) is 0 Å². The van der Waals surface area contributed by atoms with E-state index in [0.29, 0.717) is 5.06 Å². The summed E-state index contributed by atoms with van der Waals surface area (Å²) in [6.45, 7) is 0. The fraction of sp³-hybridized carbons (Fsp3) is 0.0833. The van der Waals surface area contributed by atoms with Gasteiger partial charge in [0.25, 0.3) is 11.8 Å². The van der Waals surface area contributed by atoms with Gasteiger partial charge in [-0.1, -0.05) is 29.3 Å². The van der Waals surface area contributed by atoms with Crippen LogP contribution in [0.4, 0.5) is 0 Å². The van der Waals surface area contributed by atoms with Crippen LogP contribution in [0.5, 0.6) is 0 Å². The first-order valence-electron chi connectivity index (χ1n) is 5.06. The minimum absolute atomic E-state index is 0.258. The van der Waals surface area contributed by atoms with Crippen LogP contribution in [0.2, 0.25) is 0 Å². The Morgan fingerprint density at radius 1 is 1.06 bits per heavy atom. The smallest absolute Gasteiger partial charge is 0.329 e. The van der Waals surface area contributed by atoms with Crippen LogP contribution in [-0.2, 0) is 9.63 Å². The van der Waals surface area contributed by atoms with Gasteiger partial charge < -0.3 is 4.84 Å². The Morgan fingerprint density at radius 2 is 1.59 bits per heavy atom. The molecule has 0 spiro atoms. The molecule has 1 aromatic rings. The Labute approximate surface area is 96.2 Å². The predicted octanol–water partition coefficient (Wildman–Crippen LogP) is 0.927. The van der Waals surface area contributed by atoms with Crippen LogP contribution in [0.3, 0.4) is 0 Å². The second kappa shape index (κ2) is 3.28. The first-order valence-corrected chi connectivity index (χ1v) is 5.06. The molecular weight excluding hydrogens is 222 g/mol. The number of amides is 2. The first kappa shape index (κ1) is 9.77. The van der Waals surface area contributed by atoms with Crippen molar-refractivity contribution in [2.24, 2.45) is 5.92 Å². The molecule has 3 rings (SSSR count). The summed E-state index contributed by atoms with van der Waals surface area (Å²) in [4.78, 5) is 39.7. The molecule has 0 saturated heterocycles. The van der Waals surface area contributed by atoms with Crippen molar-refractivity contribution in [1.82, 2.24) is 5.06 Å². The van der Waals surface area contributed by atoms with E-state index in [1.54, 1.807) is 24.3 Å². The lowest BCUT2D eigenvalue weighted by atomic mass is 10.1. The molecule has 2 aliphatic rings. The van der Waals surface area contributed by atoms with E-state index in [1.807, 2.05) is 0 Å². The van der Waals surface area contributed by atoms with E-state index in [0.717, 1.165) is 0 Å². The molecule has 0 bridgehead atoms. The van der Waals surface area contributed by atoms with Gasteiger partial charge in [-0.15, -0.1) is 0 Å². The Balaban J connectivity index is 1.87. The summed E-state index contributed by atoms with van der Waals surface area (Å²) >= 11 is 0. The Bertz CT molecular complexity index is 535. The number of fused-ring (bicyclic) bond motifs is 1. The van der Waals surface area contributed by atoms with Crippen molar-refractivity contribution < 1.29 is 19.2 Å². The van der Waals surface area contributed by atoms with E-state index >= 15 is 0 Å². The highest BCUT2D eigenvalue weighted by Crippen LogP contribution is 2.25. The summed E-state index contributed by atoms with van der Waals surface area (Å²) in [6, 6.07) is 6.35. The maximum atomic E-state index is 11.8. The van der Waals surface area contributed by atoms with Gasteiger partial charge in [0.15, 0.2) is 0 Å². The van der Waals surface area contributed by atoms with Crippen molar-refractivity contribution in [3.05, 3.63) is 47.5 Å². The zero-order valence-electron chi connectivity index (χ0n) is 8.62. The number of carbonyl (C=O) groups excluding carboxylic acids is 3. The number of nitrogens with zero attached hydrogens (tertiary/aromatic N) is 1. The van der Waals surface area contributed by atoms with Crippen molar-refractivity contribution >= 4 is 17.8 Å². The lowest BCUT2D eigenvalue weighted by molar-refractivity contribution is -0.169. The van der Waals surface area contributed by atoms with Gasteiger partial charge in [-0.2, -0.15) is 0 Å². The van der Waals surface area contributed by atoms with Gasteiger partial charge in [-0.25, -0.2) is 4.79 Å². The third kappa shape index (κ3) is 1.44.